The molecule has 1 aliphatic heterocycles. The Balaban J connectivity index is 1.77. The zero-order valence-corrected chi connectivity index (χ0v) is 13.9. The molecule has 8 nitrogen and oxygen atoms in total. The molecule has 25 heavy (non-hydrogen) atoms. The number of H-pyrrole nitrogens is 1. The second-order valence-electron chi connectivity index (χ2n) is 6.49. The molecule has 0 unspecified atom stereocenters. The Labute approximate surface area is 143 Å². The standard InChI is InChI=1S/C17H20N4O4/c22-13-3-1-2-11-12(13)10-18-15-14(11)16(23)19-17(24)21(15)5-4-20-6-8-25-9-7-20/h10H,1-9H2,(H,19,23,24). The van der Waals surface area contributed by atoms with Crippen LogP contribution in [0.3, 0.4) is 0 Å². The van der Waals surface area contributed by atoms with E-state index in [0.29, 0.717) is 55.7 Å². The molecule has 1 aliphatic carbocycles. The summed E-state index contributed by atoms with van der Waals surface area (Å²) in [5.41, 5.74) is 0.697. The molecule has 2 aromatic heterocycles. The molecule has 0 saturated carbocycles. The van der Waals surface area contributed by atoms with E-state index in [2.05, 4.69) is 14.9 Å². The van der Waals surface area contributed by atoms with Crippen LogP contribution in [-0.4, -0.2) is 58.1 Å². The number of hydrogen-bond acceptors (Lipinski definition) is 6. The van der Waals surface area contributed by atoms with E-state index in [1.165, 1.54) is 10.8 Å². The number of ketones is 1. The highest BCUT2D eigenvalue weighted by molar-refractivity contribution is 6.01. The minimum atomic E-state index is -0.458. The Kier molecular flexibility index (Phi) is 4.22. The van der Waals surface area contributed by atoms with Crippen LogP contribution in [0, 0.1) is 0 Å². The first kappa shape index (κ1) is 16.2. The number of nitrogens with zero attached hydrogens (tertiary/aromatic N) is 3. The molecule has 0 radical (unpaired) electrons. The van der Waals surface area contributed by atoms with E-state index < -0.39 is 11.2 Å². The molecule has 0 aromatic carbocycles. The molecule has 0 atom stereocenters. The number of aromatic nitrogens is 3. The van der Waals surface area contributed by atoms with Crippen LogP contribution >= 0.6 is 0 Å². The van der Waals surface area contributed by atoms with Gasteiger partial charge in [-0.3, -0.25) is 24.0 Å². The second-order valence-corrected chi connectivity index (χ2v) is 6.49. The number of Topliss-reactive ketones (excluding diaryl/α,β-unsaturated/α-hetero) is 1. The molecular weight excluding hydrogens is 324 g/mol. The van der Waals surface area contributed by atoms with Crippen molar-refractivity contribution >= 4 is 16.8 Å². The average molecular weight is 344 g/mol. The predicted octanol–water partition coefficient (Wildman–Crippen LogP) is -0.0640. The first-order valence-corrected chi connectivity index (χ1v) is 8.63. The molecule has 132 valence electrons. The van der Waals surface area contributed by atoms with Gasteiger partial charge in [-0.25, -0.2) is 9.78 Å². The molecule has 1 saturated heterocycles. The minimum absolute atomic E-state index is 0.0149. The van der Waals surface area contributed by atoms with Crippen LogP contribution in [0.25, 0.3) is 11.0 Å². The van der Waals surface area contributed by atoms with Gasteiger partial charge in [-0.05, 0) is 18.4 Å². The fourth-order valence-corrected chi connectivity index (χ4v) is 3.64. The number of ether oxygens (including phenoxy) is 1. The monoisotopic (exact) mass is 344 g/mol. The van der Waals surface area contributed by atoms with E-state index in [1.54, 1.807) is 0 Å². The number of rotatable bonds is 3. The van der Waals surface area contributed by atoms with E-state index in [-0.39, 0.29) is 5.78 Å². The Morgan fingerprint density at radius 3 is 2.72 bits per heavy atom. The number of hydrogen-bond donors (Lipinski definition) is 1. The van der Waals surface area contributed by atoms with E-state index in [4.69, 9.17) is 4.74 Å². The summed E-state index contributed by atoms with van der Waals surface area (Å²) in [5.74, 6) is 0.0149. The third-order valence-electron chi connectivity index (χ3n) is 4.99. The Bertz CT molecular complexity index is 940. The summed E-state index contributed by atoms with van der Waals surface area (Å²) in [7, 11) is 0. The normalized spacial score (nSPS) is 18.5. The SMILES string of the molecule is O=C1CCCc2c1cnc1c2c(=O)[nH]c(=O)n1CCN1CCOCC1. The van der Waals surface area contributed by atoms with Crippen LogP contribution in [0.15, 0.2) is 15.8 Å². The lowest BCUT2D eigenvalue weighted by molar-refractivity contribution is 0.0363. The lowest BCUT2D eigenvalue weighted by Crippen LogP contribution is -2.40. The number of carbonyl (C=O) groups is 1. The molecule has 4 rings (SSSR count). The van der Waals surface area contributed by atoms with Crippen LogP contribution < -0.4 is 11.2 Å². The average Bonchev–Trinajstić information content (AvgIpc) is 2.62. The molecule has 0 bridgehead atoms. The maximum atomic E-state index is 12.4. The maximum absolute atomic E-state index is 12.4. The van der Waals surface area contributed by atoms with Gasteiger partial charge in [0.1, 0.15) is 5.65 Å². The van der Waals surface area contributed by atoms with Gasteiger partial charge < -0.3 is 4.74 Å². The van der Waals surface area contributed by atoms with Gasteiger partial charge in [0.25, 0.3) is 5.56 Å². The summed E-state index contributed by atoms with van der Waals surface area (Å²) in [4.78, 5) is 45.7. The number of fused-ring (bicyclic) bond motifs is 3. The maximum Gasteiger partial charge on any atom is 0.330 e. The molecule has 0 amide bonds. The summed E-state index contributed by atoms with van der Waals surface area (Å²) in [6, 6.07) is 0. The van der Waals surface area contributed by atoms with Crippen LogP contribution in [0.1, 0.15) is 28.8 Å². The first-order chi connectivity index (χ1) is 12.1. The van der Waals surface area contributed by atoms with Crippen molar-refractivity contribution in [2.45, 2.75) is 25.8 Å². The molecule has 3 heterocycles. The third kappa shape index (κ3) is 2.91. The zero-order chi connectivity index (χ0) is 17.4. The number of carbonyl (C=O) groups excluding carboxylic acids is 1. The highest BCUT2D eigenvalue weighted by Crippen LogP contribution is 2.25. The van der Waals surface area contributed by atoms with Gasteiger partial charge >= 0.3 is 5.69 Å². The topological polar surface area (TPSA) is 97.3 Å². The van der Waals surface area contributed by atoms with Crippen LogP contribution in [0.2, 0.25) is 0 Å². The molecule has 2 aromatic rings. The summed E-state index contributed by atoms with van der Waals surface area (Å²) in [6.45, 7) is 4.15. The van der Waals surface area contributed by atoms with Gasteiger partial charge in [0.05, 0.1) is 18.6 Å². The predicted molar refractivity (Wildman–Crippen MR) is 91.2 cm³/mol. The summed E-state index contributed by atoms with van der Waals surface area (Å²) in [5, 5.41) is 0.382. The van der Waals surface area contributed by atoms with E-state index in [9.17, 15) is 14.4 Å². The van der Waals surface area contributed by atoms with Gasteiger partial charge in [-0.1, -0.05) is 0 Å². The van der Waals surface area contributed by atoms with Crippen molar-refractivity contribution in [1.29, 1.82) is 0 Å². The van der Waals surface area contributed by atoms with Crippen molar-refractivity contribution in [2.24, 2.45) is 0 Å². The van der Waals surface area contributed by atoms with Crippen molar-refractivity contribution in [1.82, 2.24) is 19.4 Å². The van der Waals surface area contributed by atoms with Crippen molar-refractivity contribution in [3.8, 4) is 0 Å². The highest BCUT2D eigenvalue weighted by atomic mass is 16.5. The first-order valence-electron chi connectivity index (χ1n) is 8.63. The molecule has 8 heteroatoms. The van der Waals surface area contributed by atoms with Crippen molar-refractivity contribution in [2.75, 3.05) is 32.8 Å². The molecule has 0 spiro atoms. The molecule has 1 fully saturated rings. The van der Waals surface area contributed by atoms with Crippen molar-refractivity contribution in [3.05, 3.63) is 38.2 Å². The summed E-state index contributed by atoms with van der Waals surface area (Å²) < 4.78 is 6.84. The van der Waals surface area contributed by atoms with Gasteiger partial charge in [0.2, 0.25) is 0 Å². The van der Waals surface area contributed by atoms with Gasteiger partial charge in [-0.15, -0.1) is 0 Å². The highest BCUT2D eigenvalue weighted by Gasteiger charge is 2.23. The number of aryl methyl sites for hydroxylation is 1. The Hall–Kier alpha value is -2.32. The molecule has 1 N–H and O–H groups in total. The lowest BCUT2D eigenvalue weighted by Gasteiger charge is -2.26. The van der Waals surface area contributed by atoms with Gasteiger partial charge in [0, 0.05) is 44.4 Å². The fourth-order valence-electron chi connectivity index (χ4n) is 3.64. The van der Waals surface area contributed by atoms with Crippen LogP contribution in [0.4, 0.5) is 0 Å². The Morgan fingerprint density at radius 2 is 1.92 bits per heavy atom. The molecule has 2 aliphatic rings. The molecular formula is C17H20N4O4. The smallest absolute Gasteiger partial charge is 0.330 e. The van der Waals surface area contributed by atoms with Crippen molar-refractivity contribution < 1.29 is 9.53 Å². The second kappa shape index (κ2) is 6.53. The minimum Gasteiger partial charge on any atom is -0.379 e. The quantitative estimate of drug-likeness (QED) is 0.838. The fraction of sp³-hybridized carbons (Fsp3) is 0.529. The summed E-state index contributed by atoms with van der Waals surface area (Å²) >= 11 is 0. The summed E-state index contributed by atoms with van der Waals surface area (Å²) in [6.07, 6.45) is 3.38. The largest absolute Gasteiger partial charge is 0.379 e. The third-order valence-corrected chi connectivity index (χ3v) is 4.99. The number of morpholine rings is 1. The number of pyridine rings is 1. The number of aromatic amines is 1. The van der Waals surface area contributed by atoms with Gasteiger partial charge in [-0.2, -0.15) is 0 Å². The van der Waals surface area contributed by atoms with Crippen molar-refractivity contribution in [3.63, 3.8) is 0 Å². The van der Waals surface area contributed by atoms with E-state index in [1.807, 2.05) is 0 Å². The number of nitrogens with one attached hydrogen (secondary N) is 1. The Morgan fingerprint density at radius 1 is 1.12 bits per heavy atom. The van der Waals surface area contributed by atoms with Crippen LogP contribution in [-0.2, 0) is 17.7 Å². The van der Waals surface area contributed by atoms with E-state index in [0.717, 1.165) is 25.1 Å². The zero-order valence-electron chi connectivity index (χ0n) is 13.9. The lowest BCUT2D eigenvalue weighted by atomic mass is 9.90. The van der Waals surface area contributed by atoms with Crippen LogP contribution in [0.5, 0.6) is 0 Å². The van der Waals surface area contributed by atoms with E-state index >= 15 is 0 Å². The van der Waals surface area contributed by atoms with Gasteiger partial charge in [0.15, 0.2) is 5.78 Å².